The molecule has 0 aliphatic heterocycles. The number of halogens is 1. The predicted molar refractivity (Wildman–Crippen MR) is 62.5 cm³/mol. The maximum absolute atomic E-state index is 12.7. The Hall–Kier alpha value is -1.44. The number of hydrogen-bond acceptors (Lipinski definition) is 1. The van der Waals surface area contributed by atoms with Crippen LogP contribution in [0.1, 0.15) is 37.7 Å². The molecule has 1 aromatic carbocycles. The molecule has 84 valence electrons. The van der Waals surface area contributed by atoms with E-state index in [9.17, 15) is 9.18 Å². The van der Waals surface area contributed by atoms with Gasteiger partial charge in [0, 0.05) is 6.42 Å². The van der Waals surface area contributed by atoms with Gasteiger partial charge in [0.05, 0.1) is 0 Å². The monoisotopic (exact) mass is 218 g/mol. The molecule has 0 spiro atoms. The number of carbonyl (C=O) groups is 1. The zero-order valence-corrected chi connectivity index (χ0v) is 9.21. The van der Waals surface area contributed by atoms with E-state index in [1.54, 1.807) is 12.1 Å². The first-order valence-corrected chi connectivity index (χ1v) is 5.75. The lowest BCUT2D eigenvalue weighted by atomic mass is 10.0. The molecule has 0 unspecified atom stereocenters. The number of rotatable bonds is 1. The lowest BCUT2D eigenvalue weighted by molar-refractivity contribution is -0.115. The molecule has 16 heavy (non-hydrogen) atoms. The van der Waals surface area contributed by atoms with Crippen LogP contribution in [-0.2, 0) is 4.79 Å². The molecule has 0 bridgehead atoms. The van der Waals surface area contributed by atoms with E-state index in [1.165, 1.54) is 12.1 Å². The third kappa shape index (κ3) is 2.78. The number of carbonyl (C=O) groups excluding carboxylic acids is 1. The fraction of sp³-hybridized carbons (Fsp3) is 0.357. The maximum atomic E-state index is 12.7. The molecule has 1 nitrogen and oxygen atoms in total. The van der Waals surface area contributed by atoms with E-state index in [2.05, 4.69) is 0 Å². The Morgan fingerprint density at radius 2 is 1.69 bits per heavy atom. The van der Waals surface area contributed by atoms with Crippen molar-refractivity contribution < 1.29 is 9.18 Å². The normalized spacial score (nSPS) is 19.8. The summed E-state index contributed by atoms with van der Waals surface area (Å²) < 4.78 is 12.7. The highest BCUT2D eigenvalue weighted by Crippen LogP contribution is 2.21. The van der Waals surface area contributed by atoms with Gasteiger partial charge in [0.1, 0.15) is 5.82 Å². The summed E-state index contributed by atoms with van der Waals surface area (Å²) in [6, 6.07) is 6.27. The van der Waals surface area contributed by atoms with E-state index >= 15 is 0 Å². The van der Waals surface area contributed by atoms with Crippen LogP contribution in [0.3, 0.4) is 0 Å². The van der Waals surface area contributed by atoms with Crippen molar-refractivity contribution >= 4 is 11.9 Å². The summed E-state index contributed by atoms with van der Waals surface area (Å²) in [4.78, 5) is 11.7. The first-order valence-electron chi connectivity index (χ1n) is 5.75. The molecule has 2 heteroatoms. The smallest absolute Gasteiger partial charge is 0.158 e. The number of benzene rings is 1. The minimum absolute atomic E-state index is 0.241. The van der Waals surface area contributed by atoms with Crippen LogP contribution in [0.4, 0.5) is 4.39 Å². The molecule has 1 aromatic rings. The number of allylic oxidation sites excluding steroid dienone is 1. The summed E-state index contributed by atoms with van der Waals surface area (Å²) in [5, 5.41) is 0. The second-order valence-electron chi connectivity index (χ2n) is 4.20. The van der Waals surface area contributed by atoms with Gasteiger partial charge in [0.15, 0.2) is 5.78 Å². The number of hydrogen-bond donors (Lipinski definition) is 0. The minimum atomic E-state index is -0.241. The molecule has 0 saturated heterocycles. The van der Waals surface area contributed by atoms with Crippen LogP contribution in [0.15, 0.2) is 29.8 Å². The Kier molecular flexibility index (Phi) is 3.50. The van der Waals surface area contributed by atoms with Gasteiger partial charge < -0.3 is 0 Å². The SMILES string of the molecule is O=C1CCCCC/C1=C\c1ccc(F)cc1. The third-order valence-corrected chi connectivity index (χ3v) is 2.92. The van der Waals surface area contributed by atoms with Gasteiger partial charge in [-0.3, -0.25) is 4.79 Å². The molecule has 0 atom stereocenters. The molecule has 1 fully saturated rings. The fourth-order valence-corrected chi connectivity index (χ4v) is 1.99. The summed E-state index contributed by atoms with van der Waals surface area (Å²) in [6.07, 6.45) is 6.63. The summed E-state index contributed by atoms with van der Waals surface area (Å²) in [6.45, 7) is 0. The van der Waals surface area contributed by atoms with E-state index in [0.717, 1.165) is 36.8 Å². The summed E-state index contributed by atoms with van der Waals surface area (Å²) in [5.41, 5.74) is 1.80. The van der Waals surface area contributed by atoms with Crippen LogP contribution in [0.5, 0.6) is 0 Å². The summed E-state index contributed by atoms with van der Waals surface area (Å²) >= 11 is 0. The van der Waals surface area contributed by atoms with Gasteiger partial charge in [-0.25, -0.2) is 4.39 Å². The lowest BCUT2D eigenvalue weighted by Crippen LogP contribution is -1.99. The van der Waals surface area contributed by atoms with Crippen LogP contribution in [0.2, 0.25) is 0 Å². The standard InChI is InChI=1S/C14H15FO/c15-13-8-6-11(7-9-13)10-12-4-2-1-3-5-14(12)16/h6-10H,1-5H2/b12-10+. The van der Waals surface area contributed by atoms with Crippen molar-refractivity contribution in [1.82, 2.24) is 0 Å². The minimum Gasteiger partial charge on any atom is -0.295 e. The van der Waals surface area contributed by atoms with Gasteiger partial charge in [-0.15, -0.1) is 0 Å². The predicted octanol–water partition coefficient (Wildman–Crippen LogP) is 3.74. The van der Waals surface area contributed by atoms with Crippen LogP contribution >= 0.6 is 0 Å². The summed E-state index contributed by atoms with van der Waals surface area (Å²) in [7, 11) is 0. The van der Waals surface area contributed by atoms with Crippen molar-refractivity contribution in [2.45, 2.75) is 32.1 Å². The molecule has 1 aliphatic rings. The van der Waals surface area contributed by atoms with Crippen LogP contribution in [0, 0.1) is 5.82 Å². The Labute approximate surface area is 95.0 Å². The van der Waals surface area contributed by atoms with E-state index in [0.29, 0.717) is 6.42 Å². The molecular weight excluding hydrogens is 203 g/mol. The first-order chi connectivity index (χ1) is 7.75. The molecule has 1 aliphatic carbocycles. The average Bonchev–Trinajstić information content (AvgIpc) is 2.48. The number of ketones is 1. The van der Waals surface area contributed by atoms with Crippen molar-refractivity contribution in [3.8, 4) is 0 Å². The Balaban J connectivity index is 2.21. The Morgan fingerprint density at radius 3 is 2.44 bits per heavy atom. The van der Waals surface area contributed by atoms with Crippen LogP contribution < -0.4 is 0 Å². The Bertz CT molecular complexity index is 403. The molecule has 0 aromatic heterocycles. The highest BCUT2D eigenvalue weighted by molar-refractivity contribution is 5.99. The van der Waals surface area contributed by atoms with Gasteiger partial charge >= 0.3 is 0 Å². The van der Waals surface area contributed by atoms with Crippen LogP contribution in [0.25, 0.3) is 6.08 Å². The van der Waals surface area contributed by atoms with Crippen molar-refractivity contribution in [1.29, 1.82) is 0 Å². The van der Waals surface area contributed by atoms with Gasteiger partial charge in [-0.1, -0.05) is 18.6 Å². The topological polar surface area (TPSA) is 17.1 Å². The molecule has 0 radical (unpaired) electrons. The van der Waals surface area contributed by atoms with Gasteiger partial charge in [0.25, 0.3) is 0 Å². The highest BCUT2D eigenvalue weighted by atomic mass is 19.1. The van der Waals surface area contributed by atoms with Crippen molar-refractivity contribution in [2.75, 3.05) is 0 Å². The third-order valence-electron chi connectivity index (χ3n) is 2.92. The van der Waals surface area contributed by atoms with Gasteiger partial charge in [-0.2, -0.15) is 0 Å². The van der Waals surface area contributed by atoms with E-state index in [-0.39, 0.29) is 11.6 Å². The van der Waals surface area contributed by atoms with E-state index < -0.39 is 0 Å². The molecule has 0 heterocycles. The van der Waals surface area contributed by atoms with Crippen LogP contribution in [-0.4, -0.2) is 5.78 Å². The highest BCUT2D eigenvalue weighted by Gasteiger charge is 2.12. The first kappa shape index (κ1) is 11.1. The molecule has 0 amide bonds. The van der Waals surface area contributed by atoms with Crippen molar-refractivity contribution in [2.24, 2.45) is 0 Å². The largest absolute Gasteiger partial charge is 0.295 e. The zero-order chi connectivity index (χ0) is 11.4. The van der Waals surface area contributed by atoms with Crippen molar-refractivity contribution in [3.05, 3.63) is 41.2 Å². The average molecular weight is 218 g/mol. The zero-order valence-electron chi connectivity index (χ0n) is 9.21. The van der Waals surface area contributed by atoms with Crippen molar-refractivity contribution in [3.63, 3.8) is 0 Å². The van der Waals surface area contributed by atoms with E-state index in [1.807, 2.05) is 6.08 Å². The van der Waals surface area contributed by atoms with Gasteiger partial charge in [0.2, 0.25) is 0 Å². The molecular formula is C14H15FO. The maximum Gasteiger partial charge on any atom is 0.158 e. The summed E-state index contributed by atoms with van der Waals surface area (Å²) in [5.74, 6) is 0.0103. The molecule has 1 saturated carbocycles. The second kappa shape index (κ2) is 5.06. The number of Topliss-reactive ketones (excluding diaryl/α,β-unsaturated/α-hetero) is 1. The molecule has 2 rings (SSSR count). The quantitative estimate of drug-likeness (QED) is 0.518. The van der Waals surface area contributed by atoms with E-state index in [4.69, 9.17) is 0 Å². The lowest BCUT2D eigenvalue weighted by Gasteiger charge is -2.01. The Morgan fingerprint density at radius 1 is 1.00 bits per heavy atom. The molecule has 0 N–H and O–H groups in total. The second-order valence-corrected chi connectivity index (χ2v) is 4.20. The van der Waals surface area contributed by atoms with Gasteiger partial charge in [-0.05, 0) is 48.6 Å². The fourth-order valence-electron chi connectivity index (χ4n) is 1.99.